The van der Waals surface area contributed by atoms with Crippen LogP contribution in [-0.2, 0) is 13.2 Å². The molecule has 0 spiro atoms. The Morgan fingerprint density at radius 3 is 2.38 bits per heavy atom. The summed E-state index contributed by atoms with van der Waals surface area (Å²) in [5.41, 5.74) is 5.24. The number of halogens is 3. The zero-order valence-corrected chi connectivity index (χ0v) is 20.0. The van der Waals surface area contributed by atoms with Gasteiger partial charge in [0.2, 0.25) is 0 Å². The van der Waals surface area contributed by atoms with Crippen LogP contribution < -0.4 is 11.1 Å². The number of nitrogens with zero attached hydrogens (tertiary/aromatic N) is 4. The number of piperidine rings is 2. The molecule has 34 heavy (non-hydrogen) atoms. The van der Waals surface area contributed by atoms with Gasteiger partial charge in [0, 0.05) is 63.4 Å². The number of fused-ring (bicyclic) bond motifs is 2. The molecule has 2 aromatic rings. The van der Waals surface area contributed by atoms with Crippen molar-refractivity contribution in [1.82, 2.24) is 24.9 Å². The number of hydrogen-bond donors (Lipinski definition) is 2. The fourth-order valence-corrected chi connectivity index (χ4v) is 6.02. The van der Waals surface area contributed by atoms with E-state index in [1.165, 1.54) is 30.9 Å². The highest BCUT2D eigenvalue weighted by Gasteiger charge is 2.61. The summed E-state index contributed by atoms with van der Waals surface area (Å²) < 4.78 is 42.3. The molecule has 5 rings (SSSR count). The average Bonchev–Trinajstić information content (AvgIpc) is 3.11. The van der Waals surface area contributed by atoms with Crippen molar-refractivity contribution in [2.24, 2.45) is 24.3 Å². The number of aromatic nitrogens is 2. The minimum Gasteiger partial charge on any atom is -0.399 e. The highest BCUT2D eigenvalue weighted by molar-refractivity contribution is 6.07. The fourth-order valence-electron chi connectivity index (χ4n) is 6.02. The third-order valence-electron chi connectivity index (χ3n) is 8.35. The van der Waals surface area contributed by atoms with E-state index in [4.69, 9.17) is 5.73 Å². The smallest absolute Gasteiger partial charge is 0.399 e. The number of rotatable bonds is 5. The first-order chi connectivity index (χ1) is 15.9. The number of anilines is 1. The van der Waals surface area contributed by atoms with Crippen molar-refractivity contribution in [2.45, 2.75) is 38.9 Å². The SMILES string of the molecule is Cn1nc(C(=O)NC2CCN(CCN3CC4C(C3)C4(C)C)CC2)c2c(C(F)(F)F)cc(N)cc21. The molecule has 2 atom stereocenters. The van der Waals surface area contributed by atoms with Gasteiger partial charge >= 0.3 is 6.18 Å². The second kappa shape index (κ2) is 8.12. The highest BCUT2D eigenvalue weighted by Crippen LogP contribution is 2.61. The lowest BCUT2D eigenvalue weighted by Gasteiger charge is -2.33. The summed E-state index contributed by atoms with van der Waals surface area (Å²) in [7, 11) is 1.52. The maximum Gasteiger partial charge on any atom is 0.417 e. The quantitative estimate of drug-likeness (QED) is 0.646. The summed E-state index contributed by atoms with van der Waals surface area (Å²) in [4.78, 5) is 17.9. The minimum atomic E-state index is -4.64. The van der Waals surface area contributed by atoms with Crippen LogP contribution in [0.25, 0.3) is 10.9 Å². The van der Waals surface area contributed by atoms with Crippen LogP contribution in [0.4, 0.5) is 18.9 Å². The van der Waals surface area contributed by atoms with E-state index in [2.05, 4.69) is 34.1 Å². The molecule has 1 amide bonds. The van der Waals surface area contributed by atoms with Crippen LogP contribution in [0, 0.1) is 17.3 Å². The minimum absolute atomic E-state index is 0.0168. The summed E-state index contributed by atoms with van der Waals surface area (Å²) in [5.74, 6) is 1.13. The molecule has 0 bridgehead atoms. The molecular weight excluding hydrogens is 445 g/mol. The summed E-state index contributed by atoms with van der Waals surface area (Å²) in [6.45, 7) is 11.0. The Balaban J connectivity index is 1.18. The lowest BCUT2D eigenvalue weighted by molar-refractivity contribution is -0.136. The Morgan fingerprint density at radius 1 is 1.15 bits per heavy atom. The number of aryl methyl sites for hydroxylation is 1. The summed E-state index contributed by atoms with van der Waals surface area (Å²) in [5, 5.41) is 6.83. The summed E-state index contributed by atoms with van der Waals surface area (Å²) >= 11 is 0. The van der Waals surface area contributed by atoms with Crippen LogP contribution in [0.15, 0.2) is 12.1 Å². The van der Waals surface area contributed by atoms with E-state index in [-0.39, 0.29) is 28.3 Å². The largest absolute Gasteiger partial charge is 0.417 e. The lowest BCUT2D eigenvalue weighted by Crippen LogP contribution is -2.46. The zero-order chi connectivity index (χ0) is 24.4. The number of nitrogens with one attached hydrogen (secondary N) is 1. The van der Waals surface area contributed by atoms with Crippen LogP contribution in [-0.4, -0.2) is 70.8 Å². The molecule has 2 unspecified atom stereocenters. The Labute approximate surface area is 197 Å². The normalized spacial score (nSPS) is 25.6. The van der Waals surface area contributed by atoms with Gasteiger partial charge in [-0.3, -0.25) is 9.48 Å². The van der Waals surface area contributed by atoms with Gasteiger partial charge in [0.05, 0.1) is 11.1 Å². The Bertz CT molecular complexity index is 1090. The predicted molar refractivity (Wildman–Crippen MR) is 124 cm³/mol. The fraction of sp³-hybridized carbons (Fsp3) is 0.667. The average molecular weight is 479 g/mol. The molecule has 1 aromatic heterocycles. The molecule has 1 aromatic carbocycles. The van der Waals surface area contributed by atoms with E-state index in [1.807, 2.05) is 0 Å². The molecule has 2 aliphatic heterocycles. The van der Waals surface area contributed by atoms with E-state index in [0.717, 1.165) is 56.9 Å². The van der Waals surface area contributed by atoms with E-state index in [1.54, 1.807) is 0 Å². The van der Waals surface area contributed by atoms with Crippen molar-refractivity contribution in [3.05, 3.63) is 23.4 Å². The Kier molecular flexibility index (Phi) is 5.59. The van der Waals surface area contributed by atoms with Gasteiger partial charge in [-0.2, -0.15) is 18.3 Å². The van der Waals surface area contributed by atoms with Gasteiger partial charge in [-0.1, -0.05) is 13.8 Å². The first-order valence-corrected chi connectivity index (χ1v) is 12.0. The summed E-state index contributed by atoms with van der Waals surface area (Å²) in [6.07, 6.45) is -3.09. The Morgan fingerprint density at radius 2 is 1.76 bits per heavy atom. The molecule has 1 aliphatic carbocycles. The number of alkyl halides is 3. The Hall–Kier alpha value is -2.33. The summed E-state index contributed by atoms with van der Waals surface area (Å²) in [6, 6.07) is 2.20. The third-order valence-corrected chi connectivity index (χ3v) is 8.35. The van der Waals surface area contributed by atoms with Crippen LogP contribution in [0.1, 0.15) is 42.7 Å². The molecule has 3 heterocycles. The molecule has 186 valence electrons. The highest BCUT2D eigenvalue weighted by atomic mass is 19.4. The number of likely N-dealkylation sites (tertiary alicyclic amines) is 2. The van der Waals surface area contributed by atoms with Gasteiger partial charge in [-0.25, -0.2) is 0 Å². The standard InChI is InChI=1S/C24H33F3N6O/c1-23(2)17-12-33(13-18(17)23)9-8-32-6-4-15(5-7-32)29-22(34)21-20-16(24(25,26)27)10-14(28)11-19(20)31(3)30-21/h10-11,15,17-18H,4-9,12-13,28H2,1-3H3,(H,29,34). The molecule has 0 radical (unpaired) electrons. The van der Waals surface area contributed by atoms with E-state index >= 15 is 0 Å². The van der Waals surface area contributed by atoms with Gasteiger partial charge in [0.1, 0.15) is 0 Å². The van der Waals surface area contributed by atoms with Gasteiger partial charge in [0.15, 0.2) is 5.69 Å². The number of benzene rings is 1. The number of nitrogen functional groups attached to an aromatic ring is 1. The predicted octanol–water partition coefficient (Wildman–Crippen LogP) is 2.96. The van der Waals surface area contributed by atoms with Gasteiger partial charge in [-0.05, 0) is 42.2 Å². The molecule has 3 N–H and O–H groups in total. The second-order valence-electron chi connectivity index (χ2n) is 10.8. The molecule has 3 fully saturated rings. The topological polar surface area (TPSA) is 79.4 Å². The lowest BCUT2D eigenvalue weighted by atomic mass is 10.0. The van der Waals surface area contributed by atoms with Gasteiger partial charge < -0.3 is 20.9 Å². The van der Waals surface area contributed by atoms with Crippen LogP contribution >= 0.6 is 0 Å². The number of amides is 1. The molecule has 1 saturated carbocycles. The molecule has 2 saturated heterocycles. The number of carbonyl (C=O) groups is 1. The first-order valence-electron chi connectivity index (χ1n) is 12.0. The van der Waals surface area contributed by atoms with Crippen molar-refractivity contribution in [2.75, 3.05) is 45.0 Å². The number of hydrogen-bond acceptors (Lipinski definition) is 5. The zero-order valence-electron chi connectivity index (χ0n) is 20.0. The number of nitrogens with two attached hydrogens (primary N) is 1. The van der Waals surface area contributed by atoms with Crippen LogP contribution in [0.5, 0.6) is 0 Å². The van der Waals surface area contributed by atoms with Crippen molar-refractivity contribution in [3.63, 3.8) is 0 Å². The van der Waals surface area contributed by atoms with Crippen molar-refractivity contribution >= 4 is 22.5 Å². The van der Waals surface area contributed by atoms with E-state index in [0.29, 0.717) is 5.41 Å². The second-order valence-corrected chi connectivity index (χ2v) is 10.8. The van der Waals surface area contributed by atoms with Crippen LogP contribution in [0.2, 0.25) is 0 Å². The van der Waals surface area contributed by atoms with E-state index in [9.17, 15) is 18.0 Å². The van der Waals surface area contributed by atoms with Gasteiger partial charge in [0.25, 0.3) is 5.91 Å². The molecule has 7 nitrogen and oxygen atoms in total. The first kappa shape index (κ1) is 23.4. The van der Waals surface area contributed by atoms with E-state index < -0.39 is 17.6 Å². The molecule has 10 heteroatoms. The maximum atomic E-state index is 13.7. The van der Waals surface area contributed by atoms with Crippen molar-refractivity contribution in [3.8, 4) is 0 Å². The molecular formula is C24H33F3N6O. The van der Waals surface area contributed by atoms with Crippen molar-refractivity contribution < 1.29 is 18.0 Å². The maximum absolute atomic E-state index is 13.7. The van der Waals surface area contributed by atoms with Gasteiger partial charge in [-0.15, -0.1) is 0 Å². The molecule has 3 aliphatic rings. The number of carbonyl (C=O) groups excluding carboxylic acids is 1. The van der Waals surface area contributed by atoms with Crippen LogP contribution in [0.3, 0.4) is 0 Å². The third kappa shape index (κ3) is 4.15. The van der Waals surface area contributed by atoms with Crippen molar-refractivity contribution in [1.29, 1.82) is 0 Å². The monoisotopic (exact) mass is 478 g/mol.